The quantitative estimate of drug-likeness (QED) is 0.466. The van der Waals surface area contributed by atoms with Crippen molar-refractivity contribution in [2.24, 2.45) is 0 Å². The van der Waals surface area contributed by atoms with E-state index in [2.05, 4.69) is 9.72 Å². The molecule has 0 aliphatic rings. The van der Waals surface area contributed by atoms with E-state index in [-0.39, 0.29) is 27.0 Å². The Kier molecular flexibility index (Phi) is 4.83. The molecule has 13 heteroatoms. The molecule has 1 heterocycles. The van der Waals surface area contributed by atoms with Crippen molar-refractivity contribution in [1.82, 2.24) is 8.96 Å². The van der Waals surface area contributed by atoms with E-state index in [4.69, 9.17) is 23.2 Å². The summed E-state index contributed by atoms with van der Waals surface area (Å²) < 4.78 is 90.3. The molecule has 0 aliphatic carbocycles. The van der Waals surface area contributed by atoms with Gasteiger partial charge in [-0.2, -0.15) is 17.6 Å². The zero-order valence-corrected chi connectivity index (χ0v) is 13.6. The van der Waals surface area contributed by atoms with Crippen LogP contribution < -0.4 is 4.74 Å². The van der Waals surface area contributed by atoms with Crippen molar-refractivity contribution in [3.63, 3.8) is 0 Å². The van der Waals surface area contributed by atoms with Crippen LogP contribution in [0.15, 0.2) is 12.1 Å². The van der Waals surface area contributed by atoms with Gasteiger partial charge in [0, 0.05) is 17.5 Å². The molecular weight excluding hydrogens is 412 g/mol. The Labute approximate surface area is 143 Å². The normalized spacial score (nSPS) is 13.6. The maximum atomic E-state index is 13.4. The second-order valence-corrected chi connectivity index (χ2v) is 7.16. The highest BCUT2D eigenvalue weighted by molar-refractivity contribution is 8.01. The molecule has 2 rings (SSSR count). The topological polar surface area (TPSA) is 27.1 Å². The zero-order valence-electron chi connectivity index (χ0n) is 11.3. The second-order valence-electron chi connectivity index (χ2n) is 4.37. The van der Waals surface area contributed by atoms with Gasteiger partial charge in [0.2, 0.25) is 5.82 Å². The molecule has 0 fully saturated rings. The van der Waals surface area contributed by atoms with Gasteiger partial charge in [0.15, 0.2) is 0 Å². The summed E-state index contributed by atoms with van der Waals surface area (Å²) in [5.41, 5.74) is -1.11. The first-order valence-electron chi connectivity index (χ1n) is 5.80. The number of ether oxygens (including phenoxy) is 1. The lowest BCUT2D eigenvalue weighted by Crippen LogP contribution is -2.17. The maximum Gasteiger partial charge on any atom is 0.573 e. The molecule has 0 unspecified atom stereocenters. The lowest BCUT2D eigenvalue weighted by molar-refractivity contribution is -0.274. The number of rotatable bonds is 3. The second kappa shape index (κ2) is 6.03. The highest BCUT2D eigenvalue weighted by Gasteiger charge is 2.41. The molecule has 0 aliphatic heterocycles. The highest BCUT2D eigenvalue weighted by Crippen LogP contribution is 2.44. The summed E-state index contributed by atoms with van der Waals surface area (Å²) in [5, 5.41) is 0. The highest BCUT2D eigenvalue weighted by atomic mass is 35.5. The van der Waals surface area contributed by atoms with Gasteiger partial charge in [0.05, 0.1) is 11.0 Å². The molecule has 1 aromatic heterocycles. The van der Waals surface area contributed by atoms with Crippen LogP contribution in [0.25, 0.3) is 11.0 Å². The maximum absolute atomic E-state index is 13.4. The minimum Gasteiger partial charge on any atom is -0.405 e. The number of aryl methyl sites for hydroxylation is 1. The minimum atomic E-state index is -5.04. The molecular formula is C11H5Cl2F7N2OS. The Morgan fingerprint density at radius 1 is 1.08 bits per heavy atom. The largest absolute Gasteiger partial charge is 0.573 e. The Morgan fingerprint density at radius 3 is 2.12 bits per heavy atom. The SMILES string of the molecule is Cc1c(OC(F)(F)F)ccc2c1nc(C(F)(F)F)n2SC(F)(Cl)Cl. The van der Waals surface area contributed by atoms with E-state index in [1.54, 1.807) is 0 Å². The molecule has 0 spiro atoms. The van der Waals surface area contributed by atoms with Gasteiger partial charge in [-0.3, -0.25) is 3.97 Å². The number of hydrogen-bond donors (Lipinski definition) is 0. The van der Waals surface area contributed by atoms with Crippen molar-refractivity contribution < 1.29 is 35.5 Å². The third-order valence-corrected chi connectivity index (χ3v) is 3.84. The number of halogens is 9. The fraction of sp³-hybridized carbons (Fsp3) is 0.364. The summed E-state index contributed by atoms with van der Waals surface area (Å²) in [4.78, 5) is 3.24. The van der Waals surface area contributed by atoms with E-state index in [0.717, 1.165) is 19.1 Å². The van der Waals surface area contributed by atoms with E-state index in [1.807, 2.05) is 0 Å². The summed E-state index contributed by atoms with van der Waals surface area (Å²) in [5.74, 6) is -2.32. The first-order valence-corrected chi connectivity index (χ1v) is 7.33. The summed E-state index contributed by atoms with van der Waals surface area (Å²) in [6, 6.07) is 1.64. The van der Waals surface area contributed by atoms with Crippen LogP contribution in [0.1, 0.15) is 11.4 Å². The van der Waals surface area contributed by atoms with Crippen LogP contribution in [-0.4, -0.2) is 19.2 Å². The first kappa shape index (κ1) is 19.3. The Hall–Kier alpha value is -1.07. The molecule has 0 atom stereocenters. The lowest BCUT2D eigenvalue weighted by atomic mass is 10.2. The number of imidazole rings is 1. The van der Waals surface area contributed by atoms with Crippen LogP contribution in [0.3, 0.4) is 0 Å². The number of alkyl halides is 9. The van der Waals surface area contributed by atoms with E-state index in [1.165, 1.54) is 0 Å². The smallest absolute Gasteiger partial charge is 0.405 e. The predicted molar refractivity (Wildman–Crippen MR) is 74.7 cm³/mol. The van der Waals surface area contributed by atoms with Crippen molar-refractivity contribution in [1.29, 1.82) is 0 Å². The number of nitrogens with zero attached hydrogens (tertiary/aromatic N) is 2. The summed E-state index contributed by atoms with van der Waals surface area (Å²) in [6.07, 6.45) is -10.1. The summed E-state index contributed by atoms with van der Waals surface area (Å²) in [7, 11) is 0. The Bertz CT molecular complexity index is 767. The van der Waals surface area contributed by atoms with Crippen molar-refractivity contribution in [3.05, 3.63) is 23.5 Å². The molecule has 24 heavy (non-hydrogen) atoms. The summed E-state index contributed by atoms with van der Waals surface area (Å²) >= 11 is 9.91. The number of benzene rings is 1. The molecule has 0 bridgehead atoms. The van der Waals surface area contributed by atoms with Crippen LogP contribution in [0.4, 0.5) is 30.7 Å². The molecule has 134 valence electrons. The van der Waals surface area contributed by atoms with Gasteiger partial charge < -0.3 is 4.74 Å². The molecule has 0 radical (unpaired) electrons. The number of fused-ring (bicyclic) bond motifs is 1. The average molecular weight is 417 g/mol. The van der Waals surface area contributed by atoms with E-state index in [9.17, 15) is 30.7 Å². The molecule has 0 saturated carbocycles. The third kappa shape index (κ3) is 4.31. The Balaban J connectivity index is 2.69. The van der Waals surface area contributed by atoms with Gasteiger partial charge in [0.1, 0.15) is 5.75 Å². The van der Waals surface area contributed by atoms with Gasteiger partial charge >= 0.3 is 16.5 Å². The van der Waals surface area contributed by atoms with Gasteiger partial charge in [-0.25, -0.2) is 4.98 Å². The Morgan fingerprint density at radius 2 is 1.67 bits per heavy atom. The van der Waals surface area contributed by atoms with Crippen molar-refractivity contribution in [2.75, 3.05) is 0 Å². The third-order valence-electron chi connectivity index (χ3n) is 2.66. The molecule has 0 saturated heterocycles. The molecule has 2 aromatic rings. The lowest BCUT2D eigenvalue weighted by Gasteiger charge is -2.14. The van der Waals surface area contributed by atoms with Crippen molar-refractivity contribution in [3.8, 4) is 5.75 Å². The van der Waals surface area contributed by atoms with E-state index >= 15 is 0 Å². The predicted octanol–water partition coefficient (Wildman–Crippen LogP) is 5.82. The van der Waals surface area contributed by atoms with Gasteiger partial charge in [-0.15, -0.1) is 13.2 Å². The van der Waals surface area contributed by atoms with E-state index < -0.39 is 33.5 Å². The van der Waals surface area contributed by atoms with Crippen molar-refractivity contribution in [2.45, 2.75) is 23.4 Å². The standard InChI is InChI=1S/C11H5Cl2F7N2OS/c1-4-6(23-11(18,19)20)3-2-5-7(4)21-8(9(14,15)16)22(5)24-10(12,13)17/h2-3H,1H3. The van der Waals surface area contributed by atoms with Crippen LogP contribution in [0.5, 0.6) is 5.75 Å². The van der Waals surface area contributed by atoms with Crippen LogP contribution in [0, 0.1) is 6.92 Å². The monoisotopic (exact) mass is 416 g/mol. The summed E-state index contributed by atoms with van der Waals surface area (Å²) in [6.45, 7) is 1.08. The molecule has 0 N–H and O–H groups in total. The van der Waals surface area contributed by atoms with Gasteiger partial charge in [0.25, 0.3) is 0 Å². The van der Waals surface area contributed by atoms with Crippen LogP contribution >= 0.6 is 35.1 Å². The van der Waals surface area contributed by atoms with Crippen molar-refractivity contribution >= 4 is 46.2 Å². The average Bonchev–Trinajstić information content (AvgIpc) is 2.68. The van der Waals surface area contributed by atoms with Crippen LogP contribution in [-0.2, 0) is 6.18 Å². The molecule has 1 aromatic carbocycles. The first-order chi connectivity index (χ1) is 10.7. The minimum absolute atomic E-state index is 0.247. The fourth-order valence-electron chi connectivity index (χ4n) is 1.85. The number of aromatic nitrogens is 2. The molecule has 0 amide bonds. The van der Waals surface area contributed by atoms with Gasteiger partial charge in [-0.1, -0.05) is 23.2 Å². The van der Waals surface area contributed by atoms with E-state index in [0.29, 0.717) is 0 Å². The van der Waals surface area contributed by atoms with Gasteiger partial charge in [-0.05, 0) is 19.1 Å². The zero-order chi connectivity index (χ0) is 18.5. The van der Waals surface area contributed by atoms with Crippen LogP contribution in [0.2, 0.25) is 0 Å². The molecule has 3 nitrogen and oxygen atoms in total. The number of hydrogen-bond acceptors (Lipinski definition) is 3. The fourth-order valence-corrected chi connectivity index (χ4v) is 2.95.